The van der Waals surface area contributed by atoms with Crippen molar-refractivity contribution in [2.75, 3.05) is 18.4 Å². The topological polar surface area (TPSA) is 56.9 Å². The minimum Gasteiger partial charge on any atom is -0.361 e. The van der Waals surface area contributed by atoms with Crippen molar-refractivity contribution in [3.05, 3.63) is 30.5 Å². The lowest BCUT2D eigenvalue weighted by atomic mass is 9.84. The molecular weight excluding hydrogens is 262 g/mol. The first-order valence-corrected chi connectivity index (χ1v) is 7.80. The molecule has 3 N–H and O–H groups in total. The van der Waals surface area contributed by atoms with Gasteiger partial charge in [-0.3, -0.25) is 4.79 Å². The summed E-state index contributed by atoms with van der Waals surface area (Å²) in [6.07, 6.45) is 4.89. The maximum atomic E-state index is 12.2. The lowest BCUT2D eigenvalue weighted by Crippen LogP contribution is -2.32. The van der Waals surface area contributed by atoms with Gasteiger partial charge < -0.3 is 15.6 Å². The number of anilines is 1. The van der Waals surface area contributed by atoms with E-state index in [4.69, 9.17) is 0 Å². The van der Waals surface area contributed by atoms with Crippen molar-refractivity contribution in [1.29, 1.82) is 0 Å². The van der Waals surface area contributed by atoms with Crippen LogP contribution in [0, 0.1) is 11.8 Å². The van der Waals surface area contributed by atoms with Crippen molar-refractivity contribution in [2.45, 2.75) is 26.2 Å². The van der Waals surface area contributed by atoms with Crippen molar-refractivity contribution in [3.63, 3.8) is 0 Å². The molecule has 2 aromatic rings. The lowest BCUT2D eigenvalue weighted by molar-refractivity contribution is -0.117. The zero-order valence-corrected chi connectivity index (χ0v) is 12.5. The molecule has 2 heterocycles. The zero-order chi connectivity index (χ0) is 14.7. The molecule has 0 aliphatic carbocycles. The Hall–Kier alpha value is -1.81. The van der Waals surface area contributed by atoms with E-state index < -0.39 is 0 Å². The number of H-pyrrole nitrogens is 1. The Bertz CT molecular complexity index is 613. The number of aromatic nitrogens is 1. The van der Waals surface area contributed by atoms with Gasteiger partial charge >= 0.3 is 0 Å². The Morgan fingerprint density at radius 3 is 2.95 bits per heavy atom. The molecule has 0 saturated carbocycles. The average Bonchev–Trinajstić information content (AvgIpc) is 2.95. The van der Waals surface area contributed by atoms with Gasteiger partial charge in [0.25, 0.3) is 0 Å². The third-order valence-electron chi connectivity index (χ3n) is 4.53. The van der Waals surface area contributed by atoms with Gasteiger partial charge in [0, 0.05) is 29.2 Å². The fourth-order valence-electron chi connectivity index (χ4n) is 3.22. The van der Waals surface area contributed by atoms with E-state index >= 15 is 0 Å². The van der Waals surface area contributed by atoms with Gasteiger partial charge in [-0.1, -0.05) is 6.92 Å². The fourth-order valence-corrected chi connectivity index (χ4v) is 3.22. The maximum absolute atomic E-state index is 12.2. The molecule has 3 rings (SSSR count). The molecule has 1 aliphatic rings. The minimum atomic E-state index is 0.121. The minimum absolute atomic E-state index is 0.121. The molecule has 4 nitrogen and oxygen atoms in total. The summed E-state index contributed by atoms with van der Waals surface area (Å²) in [4.78, 5) is 15.4. The first-order chi connectivity index (χ1) is 10.2. The van der Waals surface area contributed by atoms with Crippen LogP contribution in [0.25, 0.3) is 10.9 Å². The fraction of sp³-hybridized carbons (Fsp3) is 0.471. The van der Waals surface area contributed by atoms with Crippen molar-refractivity contribution in [1.82, 2.24) is 10.3 Å². The highest BCUT2D eigenvalue weighted by Crippen LogP contribution is 2.25. The van der Waals surface area contributed by atoms with Gasteiger partial charge in [0.1, 0.15) is 0 Å². The molecule has 1 unspecified atom stereocenters. The first-order valence-electron chi connectivity index (χ1n) is 7.80. The van der Waals surface area contributed by atoms with Crippen LogP contribution in [-0.2, 0) is 4.79 Å². The van der Waals surface area contributed by atoms with Crippen molar-refractivity contribution in [3.8, 4) is 0 Å². The van der Waals surface area contributed by atoms with Crippen molar-refractivity contribution in [2.24, 2.45) is 11.8 Å². The molecule has 0 bridgehead atoms. The van der Waals surface area contributed by atoms with E-state index in [1.807, 2.05) is 30.5 Å². The summed E-state index contributed by atoms with van der Waals surface area (Å²) in [7, 11) is 0. The molecule has 21 heavy (non-hydrogen) atoms. The van der Waals surface area contributed by atoms with E-state index in [1.165, 1.54) is 12.8 Å². The number of benzene rings is 1. The summed E-state index contributed by atoms with van der Waals surface area (Å²) >= 11 is 0. The second-order valence-electron chi connectivity index (χ2n) is 6.10. The van der Waals surface area contributed by atoms with Crippen LogP contribution in [0.3, 0.4) is 0 Å². The molecule has 4 heteroatoms. The summed E-state index contributed by atoms with van der Waals surface area (Å²) in [5.41, 5.74) is 1.97. The number of fused-ring (bicyclic) bond motifs is 1. The predicted octanol–water partition coefficient (Wildman–Crippen LogP) is 3.13. The van der Waals surface area contributed by atoms with Gasteiger partial charge in [-0.05, 0) is 62.0 Å². The van der Waals surface area contributed by atoms with E-state index in [2.05, 4.69) is 22.5 Å². The molecule has 1 atom stereocenters. The molecule has 1 amide bonds. The van der Waals surface area contributed by atoms with Gasteiger partial charge in [0.15, 0.2) is 0 Å². The summed E-state index contributed by atoms with van der Waals surface area (Å²) < 4.78 is 0. The number of aromatic amines is 1. The molecule has 0 spiro atoms. The number of nitrogens with one attached hydrogen (secondary N) is 3. The van der Waals surface area contributed by atoms with E-state index in [0.717, 1.165) is 29.7 Å². The van der Waals surface area contributed by atoms with Crippen LogP contribution in [-0.4, -0.2) is 24.0 Å². The molecular formula is C17H23N3O. The largest absolute Gasteiger partial charge is 0.361 e. The highest BCUT2D eigenvalue weighted by atomic mass is 16.1. The van der Waals surface area contributed by atoms with Gasteiger partial charge in [-0.15, -0.1) is 0 Å². The maximum Gasteiger partial charge on any atom is 0.224 e. The Morgan fingerprint density at radius 2 is 2.14 bits per heavy atom. The summed E-state index contributed by atoms with van der Waals surface area (Å²) in [6.45, 7) is 4.37. The van der Waals surface area contributed by atoms with E-state index in [9.17, 15) is 4.79 Å². The molecule has 1 saturated heterocycles. The number of rotatable bonds is 4. The third kappa shape index (κ3) is 3.45. The van der Waals surface area contributed by atoms with Crippen LogP contribution >= 0.6 is 0 Å². The SMILES string of the molecule is CC(CC(=O)Nc1ccc2[nH]ccc2c1)C1CCNCC1. The Kier molecular flexibility index (Phi) is 4.25. The number of carbonyl (C=O) groups excluding carboxylic acids is 1. The number of amides is 1. The summed E-state index contributed by atoms with van der Waals surface area (Å²) in [5, 5.41) is 7.52. The van der Waals surface area contributed by atoms with E-state index in [-0.39, 0.29) is 5.91 Å². The van der Waals surface area contributed by atoms with Crippen LogP contribution in [0.2, 0.25) is 0 Å². The number of hydrogen-bond acceptors (Lipinski definition) is 2. The Morgan fingerprint density at radius 1 is 1.33 bits per heavy atom. The van der Waals surface area contributed by atoms with E-state index in [0.29, 0.717) is 18.3 Å². The molecule has 1 aromatic heterocycles. The number of hydrogen-bond donors (Lipinski definition) is 3. The van der Waals surface area contributed by atoms with Crippen LogP contribution in [0.1, 0.15) is 26.2 Å². The van der Waals surface area contributed by atoms with Gasteiger partial charge in [-0.2, -0.15) is 0 Å². The van der Waals surface area contributed by atoms with E-state index in [1.54, 1.807) is 0 Å². The Labute approximate surface area is 125 Å². The predicted molar refractivity (Wildman–Crippen MR) is 86.3 cm³/mol. The first kappa shape index (κ1) is 14.1. The second kappa shape index (κ2) is 6.31. The number of carbonyl (C=O) groups is 1. The summed E-state index contributed by atoms with van der Waals surface area (Å²) in [6, 6.07) is 7.98. The lowest BCUT2D eigenvalue weighted by Gasteiger charge is -2.27. The van der Waals surface area contributed by atoms with Gasteiger partial charge in [-0.25, -0.2) is 0 Å². The smallest absolute Gasteiger partial charge is 0.224 e. The third-order valence-corrected chi connectivity index (χ3v) is 4.53. The molecule has 1 aliphatic heterocycles. The molecule has 0 radical (unpaired) electrons. The zero-order valence-electron chi connectivity index (χ0n) is 12.5. The summed E-state index contributed by atoms with van der Waals surface area (Å²) in [5.74, 6) is 1.24. The highest BCUT2D eigenvalue weighted by Gasteiger charge is 2.22. The average molecular weight is 285 g/mol. The molecule has 1 aromatic carbocycles. The standard InChI is InChI=1S/C17H23N3O/c1-12(13-4-7-18-8-5-13)10-17(21)20-15-2-3-16-14(11-15)6-9-19-16/h2-3,6,9,11-13,18-19H,4-5,7-8,10H2,1H3,(H,20,21). The van der Waals surface area contributed by atoms with Crippen molar-refractivity contribution >= 4 is 22.5 Å². The normalized spacial score (nSPS) is 17.8. The van der Waals surface area contributed by atoms with Gasteiger partial charge in [0.05, 0.1) is 0 Å². The van der Waals surface area contributed by atoms with Crippen LogP contribution < -0.4 is 10.6 Å². The van der Waals surface area contributed by atoms with Crippen LogP contribution in [0.5, 0.6) is 0 Å². The quantitative estimate of drug-likeness (QED) is 0.808. The molecule has 112 valence electrons. The monoisotopic (exact) mass is 285 g/mol. The van der Waals surface area contributed by atoms with Crippen LogP contribution in [0.15, 0.2) is 30.5 Å². The number of piperidine rings is 1. The van der Waals surface area contributed by atoms with Gasteiger partial charge in [0.2, 0.25) is 5.91 Å². The van der Waals surface area contributed by atoms with Crippen molar-refractivity contribution < 1.29 is 4.79 Å². The second-order valence-corrected chi connectivity index (χ2v) is 6.10. The highest BCUT2D eigenvalue weighted by molar-refractivity contribution is 5.93. The Balaban J connectivity index is 1.57. The molecule has 1 fully saturated rings. The van der Waals surface area contributed by atoms with Crippen LogP contribution in [0.4, 0.5) is 5.69 Å².